The van der Waals surface area contributed by atoms with E-state index in [0.29, 0.717) is 0 Å². The van der Waals surface area contributed by atoms with Crippen LogP contribution >= 0.6 is 22.6 Å². The van der Waals surface area contributed by atoms with E-state index < -0.39 is 69.1 Å². The number of nitrogens with zero attached hydrogens (tertiary/aromatic N) is 1. The SMILES string of the molecule is O=NCCC(F)(F)C(F)(F)C(F)(F)C(F)(F)C(F)(F)C(F)(F)I. The Morgan fingerprint density at radius 2 is 1.00 bits per heavy atom. The van der Waals surface area contributed by atoms with Gasteiger partial charge in [0.1, 0.15) is 0 Å². The number of alkyl halides is 13. The van der Waals surface area contributed by atoms with Gasteiger partial charge in [-0.2, -0.15) is 57.6 Å². The number of rotatable bonds is 8. The molecule has 0 N–H and O–H groups in total. The van der Waals surface area contributed by atoms with E-state index in [1.807, 2.05) is 0 Å². The van der Waals surface area contributed by atoms with E-state index >= 15 is 0 Å². The molecule has 0 aliphatic rings. The first-order valence-corrected chi connectivity index (χ1v) is 6.14. The van der Waals surface area contributed by atoms with Crippen LogP contribution < -0.4 is 0 Å². The minimum atomic E-state index is -7.58. The van der Waals surface area contributed by atoms with Crippen molar-refractivity contribution < 1.29 is 52.7 Å². The van der Waals surface area contributed by atoms with Crippen molar-refractivity contribution in [2.24, 2.45) is 5.18 Å². The van der Waals surface area contributed by atoms with Gasteiger partial charge in [0.05, 0.1) is 6.54 Å². The third-order valence-electron chi connectivity index (χ3n) is 2.52. The molecule has 23 heavy (non-hydrogen) atoms. The molecule has 0 aromatic carbocycles. The van der Waals surface area contributed by atoms with Gasteiger partial charge in [-0.1, -0.05) is 5.18 Å². The van der Waals surface area contributed by atoms with Gasteiger partial charge in [0, 0.05) is 29.0 Å². The lowest BCUT2D eigenvalue weighted by Crippen LogP contribution is -2.69. The average Bonchev–Trinajstić information content (AvgIpc) is 2.34. The predicted octanol–water partition coefficient (Wildman–Crippen LogP) is 5.35. The topological polar surface area (TPSA) is 29.4 Å². The third kappa shape index (κ3) is 3.33. The van der Waals surface area contributed by atoms with Gasteiger partial charge in [-0.25, -0.2) is 0 Å². The molecular formula is C8H4F12INO. The molecule has 0 aromatic heterocycles. The molecule has 0 fully saturated rings. The lowest BCUT2D eigenvalue weighted by atomic mass is 9.93. The van der Waals surface area contributed by atoms with E-state index in [1.165, 1.54) is 0 Å². The molecule has 0 saturated heterocycles. The van der Waals surface area contributed by atoms with Crippen molar-refractivity contribution in [3.05, 3.63) is 4.91 Å². The summed E-state index contributed by atoms with van der Waals surface area (Å²) in [5.74, 6) is -35.5. The second kappa shape index (κ2) is 6.09. The summed E-state index contributed by atoms with van der Waals surface area (Å²) in [4.78, 5) is 9.53. The normalized spacial score (nSPS) is 15.7. The van der Waals surface area contributed by atoms with E-state index in [0.717, 1.165) is 0 Å². The van der Waals surface area contributed by atoms with Crippen LogP contribution in [0.15, 0.2) is 5.18 Å². The van der Waals surface area contributed by atoms with Crippen LogP contribution in [0, 0.1) is 4.91 Å². The second-order valence-corrected chi connectivity index (χ2v) is 5.46. The molecule has 2 nitrogen and oxygen atoms in total. The van der Waals surface area contributed by atoms with Gasteiger partial charge in [-0.3, -0.25) is 0 Å². The summed E-state index contributed by atoms with van der Waals surface area (Å²) in [6.07, 6.45) is -2.50. The van der Waals surface area contributed by atoms with E-state index in [4.69, 9.17) is 0 Å². The van der Waals surface area contributed by atoms with Crippen LogP contribution in [0.5, 0.6) is 0 Å². The molecule has 0 rings (SSSR count). The largest absolute Gasteiger partial charge is 0.387 e. The van der Waals surface area contributed by atoms with Gasteiger partial charge in [0.15, 0.2) is 0 Å². The maximum atomic E-state index is 13.0. The summed E-state index contributed by atoms with van der Waals surface area (Å²) in [5, 5.41) is 1.60. The summed E-state index contributed by atoms with van der Waals surface area (Å²) < 4.78 is 148. The number of hydrogen-bond acceptors (Lipinski definition) is 2. The molecule has 0 unspecified atom stereocenters. The molecule has 0 saturated carbocycles. The Hall–Kier alpha value is -0.510. The lowest BCUT2D eigenvalue weighted by Gasteiger charge is -2.40. The quantitative estimate of drug-likeness (QED) is 0.198. The van der Waals surface area contributed by atoms with Gasteiger partial charge in [-0.05, 0) is 0 Å². The van der Waals surface area contributed by atoms with Crippen molar-refractivity contribution in [3.8, 4) is 0 Å². The van der Waals surface area contributed by atoms with Crippen LogP contribution in [0.1, 0.15) is 6.42 Å². The number of nitroso groups, excluding NO2 is 1. The Morgan fingerprint density at radius 3 is 1.30 bits per heavy atom. The minimum absolute atomic E-state index is 0.729. The summed E-state index contributed by atoms with van der Waals surface area (Å²) in [6, 6.07) is 0. The Kier molecular flexibility index (Phi) is 5.96. The second-order valence-electron chi connectivity index (χ2n) is 4.10. The maximum Gasteiger partial charge on any atom is 0.387 e. The highest BCUT2D eigenvalue weighted by Gasteiger charge is 2.89. The zero-order chi connectivity index (χ0) is 19.1. The summed E-state index contributed by atoms with van der Waals surface area (Å²) in [7, 11) is 0. The first-order valence-electron chi connectivity index (χ1n) is 5.06. The Labute approximate surface area is 132 Å². The van der Waals surface area contributed by atoms with Crippen molar-refractivity contribution in [2.45, 2.75) is 40.0 Å². The van der Waals surface area contributed by atoms with Gasteiger partial charge in [-0.15, -0.1) is 0 Å². The van der Waals surface area contributed by atoms with Crippen LogP contribution in [0.2, 0.25) is 0 Å². The predicted molar refractivity (Wildman–Crippen MR) is 59.0 cm³/mol. The molecule has 0 radical (unpaired) electrons. The molecule has 0 aromatic rings. The van der Waals surface area contributed by atoms with Crippen LogP contribution in [0.4, 0.5) is 52.7 Å². The molecule has 15 heteroatoms. The zero-order valence-corrected chi connectivity index (χ0v) is 12.3. The molecule has 0 heterocycles. The maximum absolute atomic E-state index is 13.0. The highest BCUT2D eigenvalue weighted by Crippen LogP contribution is 2.61. The summed E-state index contributed by atoms with van der Waals surface area (Å²) in [6.45, 7) is -1.75. The average molecular weight is 485 g/mol. The van der Waals surface area contributed by atoms with Crippen LogP contribution in [0.25, 0.3) is 0 Å². The van der Waals surface area contributed by atoms with E-state index in [2.05, 4.69) is 0 Å². The molecule has 0 aliphatic heterocycles. The number of halogens is 13. The van der Waals surface area contributed by atoms with Crippen LogP contribution in [-0.4, -0.2) is 40.1 Å². The number of hydrogen-bond donors (Lipinski definition) is 0. The molecule has 0 spiro atoms. The molecule has 0 atom stereocenters. The minimum Gasteiger partial charge on any atom is -0.200 e. The fourth-order valence-electron chi connectivity index (χ4n) is 1.15. The van der Waals surface area contributed by atoms with Crippen molar-refractivity contribution >= 4 is 22.6 Å². The smallest absolute Gasteiger partial charge is 0.200 e. The Bertz CT molecular complexity index is 445. The Balaban J connectivity index is 6.08. The highest BCUT2D eigenvalue weighted by molar-refractivity contribution is 14.1. The lowest BCUT2D eigenvalue weighted by molar-refractivity contribution is -0.414. The van der Waals surface area contributed by atoms with Crippen LogP contribution in [0.3, 0.4) is 0 Å². The fraction of sp³-hybridized carbons (Fsp3) is 1.00. The molecule has 138 valence electrons. The molecule has 0 amide bonds. The molecular weight excluding hydrogens is 481 g/mol. The molecule has 0 bridgehead atoms. The van der Waals surface area contributed by atoms with E-state index in [-0.39, 0.29) is 0 Å². The first-order chi connectivity index (χ1) is 9.81. The van der Waals surface area contributed by atoms with Crippen molar-refractivity contribution in [2.75, 3.05) is 6.54 Å². The van der Waals surface area contributed by atoms with Crippen molar-refractivity contribution in [1.82, 2.24) is 0 Å². The van der Waals surface area contributed by atoms with Crippen LogP contribution in [-0.2, 0) is 0 Å². The van der Waals surface area contributed by atoms with E-state index in [1.54, 1.807) is 5.18 Å². The monoisotopic (exact) mass is 485 g/mol. The van der Waals surface area contributed by atoms with Gasteiger partial charge in [0.2, 0.25) is 0 Å². The standard InChI is InChI=1S/C8H4F12INO/c9-3(10,1-2-22-23)4(11,12)5(13,14)6(15,16)7(17,18)8(19,20)21/h1-2H2. The van der Waals surface area contributed by atoms with Gasteiger partial charge >= 0.3 is 33.5 Å². The first kappa shape index (κ1) is 22.5. The zero-order valence-electron chi connectivity index (χ0n) is 10.2. The van der Waals surface area contributed by atoms with Gasteiger partial charge in [0.25, 0.3) is 0 Å². The summed E-state index contributed by atoms with van der Waals surface area (Å²) >= 11 is -0.729. The highest BCUT2D eigenvalue weighted by atomic mass is 127. The summed E-state index contributed by atoms with van der Waals surface area (Å²) in [5.41, 5.74) is 0. The van der Waals surface area contributed by atoms with Crippen molar-refractivity contribution in [3.63, 3.8) is 0 Å². The van der Waals surface area contributed by atoms with E-state index in [9.17, 15) is 57.6 Å². The third-order valence-corrected chi connectivity index (χ3v) is 3.19. The van der Waals surface area contributed by atoms with Crippen molar-refractivity contribution in [1.29, 1.82) is 0 Å². The van der Waals surface area contributed by atoms with Gasteiger partial charge < -0.3 is 0 Å². The Morgan fingerprint density at radius 1 is 0.652 bits per heavy atom. The molecule has 0 aliphatic carbocycles. The fourth-order valence-corrected chi connectivity index (χ4v) is 1.48.